The zero-order chi connectivity index (χ0) is 18.1. The molecule has 2 aromatic rings. The zero-order valence-electron chi connectivity index (χ0n) is 12.9. The van der Waals surface area contributed by atoms with Gasteiger partial charge in [-0.05, 0) is 18.2 Å². The van der Waals surface area contributed by atoms with Crippen LogP contribution in [0.25, 0.3) is 0 Å². The van der Waals surface area contributed by atoms with Gasteiger partial charge in [0.15, 0.2) is 11.2 Å². The highest BCUT2D eigenvalue weighted by Gasteiger charge is 2.37. The summed E-state index contributed by atoms with van der Waals surface area (Å²) in [6.07, 6.45) is 3.84. The standard InChI is InChI=1S/C15H12Br2N4O3S/c1-3-11(24-10-5-8(16)4-9(17)6-10)13-18-19-14(25-13)21-12(22)7-20(2)15(21)23/h1,4-6,11-12,22H,7H2,2H3. The normalized spacial score (nSPS) is 18.4. The van der Waals surface area contributed by atoms with Gasteiger partial charge in [-0.15, -0.1) is 16.6 Å². The first kappa shape index (κ1) is 18.1. The van der Waals surface area contributed by atoms with Gasteiger partial charge >= 0.3 is 6.03 Å². The van der Waals surface area contributed by atoms with Gasteiger partial charge in [-0.25, -0.2) is 9.69 Å². The van der Waals surface area contributed by atoms with Gasteiger partial charge in [0.05, 0.1) is 6.54 Å². The van der Waals surface area contributed by atoms with E-state index < -0.39 is 12.3 Å². The first-order valence-electron chi connectivity index (χ1n) is 7.03. The maximum Gasteiger partial charge on any atom is 0.328 e. The maximum absolute atomic E-state index is 12.1. The Morgan fingerprint density at radius 3 is 2.64 bits per heavy atom. The van der Waals surface area contributed by atoms with Crippen LogP contribution in [0.15, 0.2) is 27.1 Å². The van der Waals surface area contributed by atoms with Crippen LogP contribution < -0.4 is 9.64 Å². The lowest BCUT2D eigenvalue weighted by Gasteiger charge is -2.14. The molecule has 2 unspecified atom stereocenters. The second-order valence-electron chi connectivity index (χ2n) is 5.21. The molecular weight excluding hydrogens is 476 g/mol. The molecule has 3 rings (SSSR count). The molecule has 2 heterocycles. The number of aromatic nitrogens is 2. The number of urea groups is 1. The van der Waals surface area contributed by atoms with E-state index in [9.17, 15) is 9.90 Å². The molecule has 1 aromatic carbocycles. The fraction of sp³-hybridized carbons (Fsp3) is 0.267. The molecule has 1 aliphatic rings. The molecule has 7 nitrogen and oxygen atoms in total. The van der Waals surface area contributed by atoms with Crippen LogP contribution in [-0.2, 0) is 0 Å². The predicted molar refractivity (Wildman–Crippen MR) is 100 cm³/mol. The van der Waals surface area contributed by atoms with Gasteiger partial charge in [0.1, 0.15) is 5.75 Å². The molecule has 2 atom stereocenters. The van der Waals surface area contributed by atoms with Crippen molar-refractivity contribution in [2.45, 2.75) is 12.3 Å². The number of hydrogen-bond donors (Lipinski definition) is 1. The highest BCUT2D eigenvalue weighted by Crippen LogP contribution is 2.32. The number of anilines is 1. The van der Waals surface area contributed by atoms with E-state index in [1.807, 2.05) is 6.07 Å². The van der Waals surface area contributed by atoms with E-state index in [0.29, 0.717) is 10.8 Å². The molecule has 0 aliphatic carbocycles. The molecule has 130 valence electrons. The minimum Gasteiger partial charge on any atom is -0.470 e. The lowest BCUT2D eigenvalue weighted by atomic mass is 10.3. The number of carbonyl (C=O) groups excluding carboxylic acids is 1. The number of ether oxygens (including phenoxy) is 1. The number of benzene rings is 1. The molecule has 1 aliphatic heterocycles. The number of nitrogens with zero attached hydrogens (tertiary/aromatic N) is 4. The van der Waals surface area contributed by atoms with E-state index in [1.54, 1.807) is 19.2 Å². The van der Waals surface area contributed by atoms with Gasteiger partial charge in [0, 0.05) is 16.0 Å². The fourth-order valence-corrected chi connectivity index (χ4v) is 4.37. The Bertz CT molecular complexity index is 833. The van der Waals surface area contributed by atoms with Crippen molar-refractivity contribution in [3.05, 3.63) is 32.2 Å². The summed E-state index contributed by atoms with van der Waals surface area (Å²) in [4.78, 5) is 14.7. The quantitative estimate of drug-likeness (QED) is 0.670. The average Bonchev–Trinajstić information content (AvgIpc) is 3.09. The monoisotopic (exact) mass is 486 g/mol. The van der Waals surface area contributed by atoms with Crippen LogP contribution in [-0.4, -0.2) is 46.1 Å². The van der Waals surface area contributed by atoms with E-state index in [0.717, 1.165) is 20.3 Å². The Kier molecular flexibility index (Phi) is 5.29. The summed E-state index contributed by atoms with van der Waals surface area (Å²) in [6, 6.07) is 5.08. The van der Waals surface area contributed by atoms with Crippen LogP contribution in [0, 0.1) is 12.3 Å². The van der Waals surface area contributed by atoms with E-state index in [1.165, 1.54) is 9.80 Å². The van der Waals surface area contributed by atoms with Crippen LogP contribution >= 0.6 is 43.2 Å². The maximum atomic E-state index is 12.1. The van der Waals surface area contributed by atoms with Gasteiger partial charge < -0.3 is 14.7 Å². The number of aliphatic hydroxyl groups excluding tert-OH is 1. The minimum absolute atomic E-state index is 0.203. The van der Waals surface area contributed by atoms with Crippen LogP contribution in [0.5, 0.6) is 5.75 Å². The number of terminal acetylenes is 1. The van der Waals surface area contributed by atoms with Gasteiger partial charge in [-0.3, -0.25) is 0 Å². The lowest BCUT2D eigenvalue weighted by Crippen LogP contribution is -2.34. The van der Waals surface area contributed by atoms with E-state index in [-0.39, 0.29) is 17.7 Å². The number of amides is 2. The molecule has 1 fully saturated rings. The fourth-order valence-electron chi connectivity index (χ4n) is 2.24. The zero-order valence-corrected chi connectivity index (χ0v) is 16.9. The molecule has 25 heavy (non-hydrogen) atoms. The van der Waals surface area contributed by atoms with Crippen LogP contribution in [0.1, 0.15) is 11.1 Å². The van der Waals surface area contributed by atoms with Crippen molar-refractivity contribution in [3.8, 4) is 18.1 Å². The van der Waals surface area contributed by atoms with Crippen molar-refractivity contribution in [2.75, 3.05) is 18.5 Å². The predicted octanol–water partition coefficient (Wildman–Crippen LogP) is 3.01. The number of likely N-dealkylation sites (N-methyl/N-ethyl adjacent to an activating group) is 1. The Morgan fingerprint density at radius 1 is 1.40 bits per heavy atom. The van der Waals surface area contributed by atoms with Gasteiger partial charge in [-0.2, -0.15) is 0 Å². The molecule has 1 saturated heterocycles. The molecule has 1 aromatic heterocycles. The molecule has 0 spiro atoms. The highest BCUT2D eigenvalue weighted by molar-refractivity contribution is 9.11. The highest BCUT2D eigenvalue weighted by atomic mass is 79.9. The Balaban J connectivity index is 1.82. The van der Waals surface area contributed by atoms with Crippen molar-refractivity contribution >= 4 is 54.4 Å². The molecule has 2 amide bonds. The van der Waals surface area contributed by atoms with Crippen molar-refractivity contribution < 1.29 is 14.6 Å². The first-order chi connectivity index (χ1) is 11.9. The smallest absolute Gasteiger partial charge is 0.328 e. The number of hydrogen-bond acceptors (Lipinski definition) is 6. The Morgan fingerprint density at radius 2 is 2.08 bits per heavy atom. The summed E-state index contributed by atoms with van der Waals surface area (Å²) < 4.78 is 7.46. The van der Waals surface area contributed by atoms with Gasteiger partial charge in [-0.1, -0.05) is 49.1 Å². The number of aliphatic hydroxyl groups is 1. The molecule has 0 bridgehead atoms. The largest absolute Gasteiger partial charge is 0.470 e. The molecule has 0 radical (unpaired) electrons. The molecular formula is C15H12Br2N4O3S. The Labute approximate surface area is 164 Å². The topological polar surface area (TPSA) is 78.8 Å². The Hall–Kier alpha value is -1.67. The summed E-state index contributed by atoms with van der Waals surface area (Å²) >= 11 is 7.88. The number of β-amino-alcohol motifs (C(OH)–C–C–N with tert-alkyl or cyclic N) is 1. The molecule has 0 saturated carbocycles. The van der Waals surface area contributed by atoms with Gasteiger partial charge in [0.2, 0.25) is 11.2 Å². The first-order valence-corrected chi connectivity index (χ1v) is 9.44. The third kappa shape index (κ3) is 3.79. The number of carbonyl (C=O) groups is 1. The number of halogens is 2. The third-order valence-electron chi connectivity index (χ3n) is 3.37. The van der Waals surface area contributed by atoms with E-state index >= 15 is 0 Å². The SMILES string of the molecule is C#CC(Oc1cc(Br)cc(Br)c1)c1nnc(N2C(=O)N(C)CC2O)s1. The second-order valence-corrected chi connectivity index (χ2v) is 8.03. The summed E-state index contributed by atoms with van der Waals surface area (Å²) in [6.45, 7) is 0.203. The van der Waals surface area contributed by atoms with Crippen molar-refractivity contribution in [1.82, 2.24) is 15.1 Å². The van der Waals surface area contributed by atoms with E-state index in [2.05, 4.69) is 48.0 Å². The van der Waals surface area contributed by atoms with Crippen molar-refractivity contribution in [3.63, 3.8) is 0 Å². The van der Waals surface area contributed by atoms with Crippen LogP contribution in [0.2, 0.25) is 0 Å². The third-order valence-corrected chi connectivity index (χ3v) is 5.25. The van der Waals surface area contributed by atoms with Crippen molar-refractivity contribution in [2.24, 2.45) is 0 Å². The average molecular weight is 488 g/mol. The lowest BCUT2D eigenvalue weighted by molar-refractivity contribution is 0.183. The molecule has 1 N–H and O–H groups in total. The van der Waals surface area contributed by atoms with Crippen LogP contribution in [0.4, 0.5) is 9.93 Å². The summed E-state index contributed by atoms with van der Waals surface area (Å²) in [5, 5.41) is 18.7. The minimum atomic E-state index is -0.968. The van der Waals surface area contributed by atoms with E-state index in [4.69, 9.17) is 11.2 Å². The number of rotatable bonds is 4. The molecule has 10 heteroatoms. The summed E-state index contributed by atoms with van der Waals surface area (Å²) in [5.74, 6) is 3.07. The van der Waals surface area contributed by atoms with Gasteiger partial charge in [0.25, 0.3) is 0 Å². The second kappa shape index (κ2) is 7.29. The summed E-state index contributed by atoms with van der Waals surface area (Å²) in [5.41, 5.74) is 0. The van der Waals surface area contributed by atoms with Crippen LogP contribution in [0.3, 0.4) is 0 Å². The summed E-state index contributed by atoms with van der Waals surface area (Å²) in [7, 11) is 1.60. The van der Waals surface area contributed by atoms with Crippen molar-refractivity contribution in [1.29, 1.82) is 0 Å².